The number of carbonyl (C=O) groups is 1. The molecule has 1 radical (unpaired) electrons. The molecular formula is C11H19O2Si. The van der Waals surface area contributed by atoms with Crippen molar-refractivity contribution in [2.45, 2.75) is 40.3 Å². The minimum Gasteiger partial charge on any atom is -0.540 e. The number of rotatable bonds is 2. The zero-order valence-corrected chi connectivity index (χ0v) is 10.7. The zero-order valence-electron chi connectivity index (χ0n) is 9.68. The molecule has 0 aliphatic heterocycles. The molecule has 1 aliphatic rings. The predicted octanol–water partition coefficient (Wildman–Crippen LogP) is 2.77. The number of hydrogen-bond donors (Lipinski definition) is 0. The van der Waals surface area contributed by atoms with Crippen LogP contribution in [0.25, 0.3) is 0 Å². The van der Waals surface area contributed by atoms with Crippen LogP contribution in [-0.4, -0.2) is 14.8 Å². The molecule has 1 aliphatic carbocycles. The second kappa shape index (κ2) is 3.89. The maximum absolute atomic E-state index is 11.6. The quantitative estimate of drug-likeness (QED) is 0.657. The highest BCUT2D eigenvalue weighted by atomic mass is 28.3. The number of allylic oxidation sites excluding steroid dienone is 2. The lowest BCUT2D eigenvalue weighted by atomic mass is 9.80. The highest BCUT2D eigenvalue weighted by Gasteiger charge is 2.33. The Bertz CT molecular complexity index is 261. The third-order valence-electron chi connectivity index (χ3n) is 2.46. The lowest BCUT2D eigenvalue weighted by Crippen LogP contribution is -2.17. The van der Waals surface area contributed by atoms with Crippen molar-refractivity contribution >= 4 is 14.8 Å². The molecule has 79 valence electrons. The van der Waals surface area contributed by atoms with E-state index >= 15 is 0 Å². The van der Waals surface area contributed by atoms with Crippen molar-refractivity contribution in [2.24, 2.45) is 11.3 Å². The second-order valence-corrected chi connectivity index (χ2v) is 7.16. The van der Waals surface area contributed by atoms with E-state index in [1.54, 1.807) is 0 Å². The lowest BCUT2D eigenvalue weighted by Gasteiger charge is -2.23. The van der Waals surface area contributed by atoms with Crippen LogP contribution in [0.4, 0.5) is 0 Å². The minimum absolute atomic E-state index is 0.162. The summed E-state index contributed by atoms with van der Waals surface area (Å²) in [7, 11) is -0.807. The monoisotopic (exact) mass is 211 g/mol. The first-order valence-electron chi connectivity index (χ1n) is 5.03. The molecule has 14 heavy (non-hydrogen) atoms. The van der Waals surface area contributed by atoms with Crippen LogP contribution >= 0.6 is 0 Å². The molecule has 0 aromatic carbocycles. The number of ketones is 1. The molecule has 0 bridgehead atoms. The van der Waals surface area contributed by atoms with Crippen molar-refractivity contribution < 1.29 is 9.22 Å². The van der Waals surface area contributed by atoms with Gasteiger partial charge in [-0.2, -0.15) is 0 Å². The van der Waals surface area contributed by atoms with E-state index in [0.29, 0.717) is 18.1 Å². The zero-order chi connectivity index (χ0) is 10.9. The maximum Gasteiger partial charge on any atom is 0.274 e. The number of carbonyl (C=O) groups excluding carboxylic acids is 1. The normalized spacial score (nSPS) is 22.9. The van der Waals surface area contributed by atoms with Crippen molar-refractivity contribution in [3.05, 3.63) is 11.8 Å². The summed E-state index contributed by atoms with van der Waals surface area (Å²) in [6.07, 6.45) is 2.63. The van der Waals surface area contributed by atoms with Crippen LogP contribution in [0.2, 0.25) is 13.1 Å². The van der Waals surface area contributed by atoms with E-state index in [9.17, 15) is 4.79 Å². The summed E-state index contributed by atoms with van der Waals surface area (Å²) >= 11 is 0. The Kier molecular flexibility index (Phi) is 3.19. The van der Waals surface area contributed by atoms with E-state index in [2.05, 4.69) is 20.8 Å². The van der Waals surface area contributed by atoms with Gasteiger partial charge in [0.25, 0.3) is 9.04 Å². The summed E-state index contributed by atoms with van der Waals surface area (Å²) in [6.45, 7) is 10.6. The van der Waals surface area contributed by atoms with E-state index in [-0.39, 0.29) is 11.2 Å². The van der Waals surface area contributed by atoms with E-state index < -0.39 is 9.04 Å². The van der Waals surface area contributed by atoms with Gasteiger partial charge in [-0.05, 0) is 30.5 Å². The van der Waals surface area contributed by atoms with Crippen molar-refractivity contribution in [2.75, 3.05) is 0 Å². The van der Waals surface area contributed by atoms with Gasteiger partial charge < -0.3 is 4.43 Å². The number of Topliss-reactive ketones (excluding diaryl/α,β-unsaturated/α-hetero) is 1. The molecule has 0 aromatic rings. The SMILES string of the molecule is C[Si](C)OC1=C[C@@H](C(C)(C)C)CC1=O. The Labute approximate surface area is 88.1 Å². The lowest BCUT2D eigenvalue weighted by molar-refractivity contribution is -0.117. The molecule has 0 aromatic heterocycles. The molecule has 0 spiro atoms. The van der Waals surface area contributed by atoms with Crippen molar-refractivity contribution in [3.8, 4) is 0 Å². The van der Waals surface area contributed by atoms with Gasteiger partial charge in [-0.25, -0.2) is 0 Å². The summed E-state index contributed by atoms with van der Waals surface area (Å²) in [5, 5.41) is 0. The van der Waals surface area contributed by atoms with Crippen LogP contribution in [0.3, 0.4) is 0 Å². The largest absolute Gasteiger partial charge is 0.540 e. The Balaban J connectivity index is 2.73. The smallest absolute Gasteiger partial charge is 0.274 e. The molecule has 1 atom stereocenters. The van der Waals surface area contributed by atoms with E-state index in [1.807, 2.05) is 19.2 Å². The maximum atomic E-state index is 11.6. The average Bonchev–Trinajstić information content (AvgIpc) is 2.30. The molecule has 3 heteroatoms. The van der Waals surface area contributed by atoms with Crippen molar-refractivity contribution in [3.63, 3.8) is 0 Å². The first kappa shape index (κ1) is 11.5. The Morgan fingerprint density at radius 1 is 1.43 bits per heavy atom. The van der Waals surface area contributed by atoms with Crippen LogP contribution in [-0.2, 0) is 9.22 Å². The molecule has 2 nitrogen and oxygen atoms in total. The van der Waals surface area contributed by atoms with Gasteiger partial charge in [-0.3, -0.25) is 4.79 Å². The van der Waals surface area contributed by atoms with Crippen LogP contribution in [0.15, 0.2) is 11.8 Å². The predicted molar refractivity (Wildman–Crippen MR) is 59.2 cm³/mol. The standard InChI is InChI=1S/C11H19O2Si/c1-11(2,3)8-6-9(12)10(7-8)13-14(4)5/h7-8H,6H2,1-5H3/t8-/m0/s1. The molecule has 0 heterocycles. The van der Waals surface area contributed by atoms with E-state index in [4.69, 9.17) is 4.43 Å². The number of hydrogen-bond acceptors (Lipinski definition) is 2. The van der Waals surface area contributed by atoms with Crippen molar-refractivity contribution in [1.82, 2.24) is 0 Å². The molecular weight excluding hydrogens is 192 g/mol. The van der Waals surface area contributed by atoms with Gasteiger partial charge >= 0.3 is 0 Å². The molecule has 0 saturated carbocycles. The van der Waals surface area contributed by atoms with Crippen molar-refractivity contribution in [1.29, 1.82) is 0 Å². The summed E-state index contributed by atoms with van der Waals surface area (Å²) in [6, 6.07) is 0. The first-order valence-corrected chi connectivity index (χ1v) is 7.44. The third-order valence-corrected chi connectivity index (χ3v) is 3.09. The Morgan fingerprint density at radius 2 is 2.00 bits per heavy atom. The summed E-state index contributed by atoms with van der Waals surface area (Å²) in [5.74, 6) is 1.13. The summed E-state index contributed by atoms with van der Waals surface area (Å²) < 4.78 is 5.56. The molecule has 0 N–H and O–H groups in total. The van der Waals surface area contributed by atoms with Gasteiger partial charge in [0.05, 0.1) is 0 Å². The summed E-state index contributed by atoms with van der Waals surface area (Å²) in [5.41, 5.74) is 0.162. The van der Waals surface area contributed by atoms with Crippen LogP contribution in [0.5, 0.6) is 0 Å². The first-order chi connectivity index (χ1) is 6.30. The minimum atomic E-state index is -0.807. The molecule has 0 unspecified atom stereocenters. The van der Waals surface area contributed by atoms with Gasteiger partial charge in [0.2, 0.25) is 0 Å². The van der Waals surface area contributed by atoms with Gasteiger partial charge in [0.15, 0.2) is 5.78 Å². The van der Waals surface area contributed by atoms with Gasteiger partial charge in [0.1, 0.15) is 5.76 Å². The fraction of sp³-hybridized carbons (Fsp3) is 0.727. The highest BCUT2D eigenvalue weighted by molar-refractivity contribution is 6.49. The van der Waals surface area contributed by atoms with Crippen LogP contribution in [0.1, 0.15) is 27.2 Å². The Morgan fingerprint density at radius 3 is 2.36 bits per heavy atom. The van der Waals surface area contributed by atoms with Gasteiger partial charge in [0, 0.05) is 6.42 Å². The summed E-state index contributed by atoms with van der Waals surface area (Å²) in [4.78, 5) is 11.6. The second-order valence-electron chi connectivity index (χ2n) is 5.14. The fourth-order valence-corrected chi connectivity index (χ4v) is 2.12. The molecule has 1 rings (SSSR count). The molecule has 0 saturated heterocycles. The van der Waals surface area contributed by atoms with E-state index in [0.717, 1.165) is 0 Å². The van der Waals surface area contributed by atoms with E-state index in [1.165, 1.54) is 0 Å². The Hall–Kier alpha value is -0.573. The van der Waals surface area contributed by atoms with Gasteiger partial charge in [-0.1, -0.05) is 20.8 Å². The van der Waals surface area contributed by atoms with Crippen LogP contribution in [0, 0.1) is 11.3 Å². The molecule has 0 fully saturated rings. The third kappa shape index (κ3) is 2.71. The van der Waals surface area contributed by atoms with Gasteiger partial charge in [-0.15, -0.1) is 0 Å². The highest BCUT2D eigenvalue weighted by Crippen LogP contribution is 2.36. The fourth-order valence-electron chi connectivity index (χ4n) is 1.50. The topological polar surface area (TPSA) is 26.3 Å². The average molecular weight is 211 g/mol. The van der Waals surface area contributed by atoms with Crippen LogP contribution < -0.4 is 0 Å². The molecule has 0 amide bonds.